The minimum atomic E-state index is 0.870. The average molecular weight is 261 g/mol. The molecule has 1 heterocycles. The second-order valence-corrected chi connectivity index (χ2v) is 5.96. The van der Waals surface area contributed by atoms with Crippen molar-refractivity contribution in [2.24, 2.45) is 5.92 Å². The quantitative estimate of drug-likeness (QED) is 0.824. The molecule has 0 aromatic heterocycles. The van der Waals surface area contributed by atoms with Crippen molar-refractivity contribution >= 4 is 5.69 Å². The van der Waals surface area contributed by atoms with Crippen molar-refractivity contribution in [3.63, 3.8) is 0 Å². The van der Waals surface area contributed by atoms with Gasteiger partial charge in [-0.25, -0.2) is 0 Å². The van der Waals surface area contributed by atoms with Gasteiger partial charge >= 0.3 is 0 Å². The van der Waals surface area contributed by atoms with Crippen LogP contribution >= 0.6 is 0 Å². The second kappa shape index (κ2) is 6.92. The van der Waals surface area contributed by atoms with Gasteiger partial charge in [0.05, 0.1) is 0 Å². The third-order valence-corrected chi connectivity index (χ3v) is 4.23. The largest absolute Gasteiger partial charge is 0.399 e. The van der Waals surface area contributed by atoms with Crippen molar-refractivity contribution in [3.05, 3.63) is 29.8 Å². The van der Waals surface area contributed by atoms with Crippen LogP contribution in [0.1, 0.15) is 18.4 Å². The summed E-state index contributed by atoms with van der Waals surface area (Å²) < 4.78 is 0. The van der Waals surface area contributed by atoms with Gasteiger partial charge in [-0.1, -0.05) is 18.2 Å². The minimum Gasteiger partial charge on any atom is -0.399 e. The topological polar surface area (TPSA) is 32.5 Å². The van der Waals surface area contributed by atoms with Gasteiger partial charge in [-0.2, -0.15) is 0 Å². The molecule has 0 radical (unpaired) electrons. The van der Waals surface area contributed by atoms with E-state index < -0.39 is 0 Å². The summed E-state index contributed by atoms with van der Waals surface area (Å²) in [6, 6.07) is 8.20. The first-order chi connectivity index (χ1) is 9.15. The number of likely N-dealkylation sites (tertiary alicyclic amines) is 1. The Labute approximate surface area is 117 Å². The summed E-state index contributed by atoms with van der Waals surface area (Å²) in [7, 11) is 4.45. The molecule has 0 spiro atoms. The highest BCUT2D eigenvalue weighted by Crippen LogP contribution is 2.17. The number of rotatable bonds is 5. The van der Waals surface area contributed by atoms with Gasteiger partial charge in [-0.15, -0.1) is 0 Å². The van der Waals surface area contributed by atoms with Gasteiger partial charge in [0.15, 0.2) is 0 Å². The molecule has 2 N–H and O–H groups in total. The first-order valence-electron chi connectivity index (χ1n) is 7.35. The molecule has 0 saturated carbocycles. The van der Waals surface area contributed by atoms with E-state index in [2.05, 4.69) is 36.0 Å². The van der Waals surface area contributed by atoms with Crippen LogP contribution in [-0.4, -0.2) is 50.1 Å². The van der Waals surface area contributed by atoms with Crippen molar-refractivity contribution in [2.45, 2.75) is 19.3 Å². The molecule has 1 aromatic carbocycles. The summed E-state index contributed by atoms with van der Waals surface area (Å²) in [5, 5.41) is 0. The molecule has 0 amide bonds. The number of piperidine rings is 1. The lowest BCUT2D eigenvalue weighted by molar-refractivity contribution is 0.177. The highest BCUT2D eigenvalue weighted by Gasteiger charge is 2.17. The molecular formula is C16H27N3. The Morgan fingerprint density at radius 2 is 1.95 bits per heavy atom. The van der Waals surface area contributed by atoms with Gasteiger partial charge in [-0.3, -0.25) is 0 Å². The number of hydrogen-bond donors (Lipinski definition) is 1. The van der Waals surface area contributed by atoms with Crippen LogP contribution in [0.25, 0.3) is 0 Å². The smallest absolute Gasteiger partial charge is 0.0347 e. The molecule has 0 bridgehead atoms. The number of nitrogen functional groups attached to an aromatic ring is 1. The van der Waals surface area contributed by atoms with Gasteiger partial charge < -0.3 is 15.5 Å². The number of para-hydroxylation sites is 1. The van der Waals surface area contributed by atoms with Crippen LogP contribution in [0, 0.1) is 5.92 Å². The molecule has 0 unspecified atom stereocenters. The fraction of sp³-hybridized carbons (Fsp3) is 0.625. The number of benzene rings is 1. The van der Waals surface area contributed by atoms with Crippen molar-refractivity contribution in [3.8, 4) is 0 Å². The molecule has 1 saturated heterocycles. The normalized spacial score (nSPS) is 18.1. The number of nitrogens with zero attached hydrogens (tertiary/aromatic N) is 2. The maximum Gasteiger partial charge on any atom is 0.0347 e. The van der Waals surface area contributed by atoms with Crippen molar-refractivity contribution < 1.29 is 0 Å². The van der Waals surface area contributed by atoms with Crippen LogP contribution in [0.5, 0.6) is 0 Å². The van der Waals surface area contributed by atoms with Crippen LogP contribution in [0.3, 0.4) is 0 Å². The third kappa shape index (κ3) is 4.51. The Morgan fingerprint density at radius 3 is 2.63 bits per heavy atom. The number of nitrogens with two attached hydrogens (primary N) is 1. The van der Waals surface area contributed by atoms with Crippen LogP contribution in [0.4, 0.5) is 5.69 Å². The zero-order chi connectivity index (χ0) is 13.7. The third-order valence-electron chi connectivity index (χ3n) is 4.23. The monoisotopic (exact) mass is 261 g/mol. The Morgan fingerprint density at radius 1 is 1.26 bits per heavy atom. The Balaban J connectivity index is 1.73. The zero-order valence-corrected chi connectivity index (χ0v) is 12.3. The van der Waals surface area contributed by atoms with Gasteiger partial charge in [0.2, 0.25) is 0 Å². The standard InChI is InChI=1S/C16H27N3/c1-18-10-7-14(8-11-18)13-19(2)12-9-15-5-3-4-6-16(15)17/h3-6,14H,7-13,17H2,1-2H3. The number of likely N-dealkylation sites (N-methyl/N-ethyl adjacent to an activating group) is 1. The van der Waals surface area contributed by atoms with E-state index in [1.54, 1.807) is 0 Å². The average Bonchev–Trinajstić information content (AvgIpc) is 2.40. The van der Waals surface area contributed by atoms with Crippen molar-refractivity contribution in [1.82, 2.24) is 9.80 Å². The molecule has 3 heteroatoms. The predicted octanol–water partition coefficient (Wildman–Crippen LogP) is 2.08. The lowest BCUT2D eigenvalue weighted by Gasteiger charge is -2.31. The fourth-order valence-corrected chi connectivity index (χ4v) is 2.85. The molecule has 1 aromatic rings. The highest BCUT2D eigenvalue weighted by atomic mass is 15.1. The molecule has 1 aliphatic heterocycles. The number of anilines is 1. The summed E-state index contributed by atoms with van der Waals surface area (Å²) in [5.74, 6) is 0.870. The van der Waals surface area contributed by atoms with E-state index in [1.165, 1.54) is 38.0 Å². The van der Waals surface area contributed by atoms with Crippen molar-refractivity contribution in [1.29, 1.82) is 0 Å². The zero-order valence-electron chi connectivity index (χ0n) is 12.3. The van der Waals surface area contributed by atoms with E-state index >= 15 is 0 Å². The lowest BCUT2D eigenvalue weighted by atomic mass is 9.96. The van der Waals surface area contributed by atoms with E-state index in [9.17, 15) is 0 Å². The molecule has 1 aliphatic rings. The second-order valence-electron chi connectivity index (χ2n) is 5.96. The lowest BCUT2D eigenvalue weighted by Crippen LogP contribution is -2.36. The SMILES string of the molecule is CN1CCC(CN(C)CCc2ccccc2N)CC1. The minimum absolute atomic E-state index is 0.870. The first-order valence-corrected chi connectivity index (χ1v) is 7.35. The number of hydrogen-bond acceptors (Lipinski definition) is 3. The molecule has 3 nitrogen and oxygen atoms in total. The van der Waals surface area contributed by atoms with Gasteiger partial charge in [0.1, 0.15) is 0 Å². The summed E-state index contributed by atoms with van der Waals surface area (Å²) in [6.07, 6.45) is 3.73. The summed E-state index contributed by atoms with van der Waals surface area (Å²) >= 11 is 0. The van der Waals surface area contributed by atoms with Crippen LogP contribution in [-0.2, 0) is 6.42 Å². The highest BCUT2D eigenvalue weighted by molar-refractivity contribution is 5.46. The summed E-state index contributed by atoms with van der Waals surface area (Å²) in [5.41, 5.74) is 8.18. The molecule has 0 atom stereocenters. The molecule has 2 rings (SSSR count). The predicted molar refractivity (Wildman–Crippen MR) is 82.3 cm³/mol. The molecule has 0 aliphatic carbocycles. The van der Waals surface area contributed by atoms with E-state index in [4.69, 9.17) is 5.73 Å². The van der Waals surface area contributed by atoms with E-state index in [0.717, 1.165) is 24.6 Å². The van der Waals surface area contributed by atoms with Crippen molar-refractivity contribution in [2.75, 3.05) is 46.0 Å². The van der Waals surface area contributed by atoms with E-state index in [0.29, 0.717) is 0 Å². The molecule has 1 fully saturated rings. The van der Waals surface area contributed by atoms with Crippen LogP contribution < -0.4 is 5.73 Å². The maximum absolute atomic E-state index is 5.98. The Kier molecular flexibility index (Phi) is 5.23. The van der Waals surface area contributed by atoms with Crippen LogP contribution in [0.2, 0.25) is 0 Å². The maximum atomic E-state index is 5.98. The van der Waals surface area contributed by atoms with Gasteiger partial charge in [-0.05, 0) is 64.0 Å². The Bertz CT molecular complexity index is 383. The Hall–Kier alpha value is -1.06. The molecule has 19 heavy (non-hydrogen) atoms. The van der Waals surface area contributed by atoms with E-state index in [-0.39, 0.29) is 0 Å². The molecule has 106 valence electrons. The van der Waals surface area contributed by atoms with E-state index in [1.807, 2.05) is 12.1 Å². The molecular weight excluding hydrogens is 234 g/mol. The van der Waals surface area contributed by atoms with Gasteiger partial charge in [0, 0.05) is 18.8 Å². The van der Waals surface area contributed by atoms with Gasteiger partial charge in [0.25, 0.3) is 0 Å². The summed E-state index contributed by atoms with van der Waals surface area (Å²) in [4.78, 5) is 4.89. The first kappa shape index (κ1) is 14.4. The summed E-state index contributed by atoms with van der Waals surface area (Å²) in [6.45, 7) is 4.83. The fourth-order valence-electron chi connectivity index (χ4n) is 2.85. The van der Waals surface area contributed by atoms with Crippen LogP contribution in [0.15, 0.2) is 24.3 Å².